The van der Waals surface area contributed by atoms with Gasteiger partial charge in [0.1, 0.15) is 6.10 Å². The van der Waals surface area contributed by atoms with Gasteiger partial charge in [-0.2, -0.15) is 0 Å². The van der Waals surface area contributed by atoms with Gasteiger partial charge in [0.2, 0.25) is 0 Å². The first-order valence-electron chi connectivity index (χ1n) is 9.45. The fourth-order valence-electron chi connectivity index (χ4n) is 3.34. The van der Waals surface area contributed by atoms with Crippen LogP contribution in [0.25, 0.3) is 0 Å². The maximum Gasteiger partial charge on any atom is 0.354 e. The Morgan fingerprint density at radius 1 is 1.24 bits per heavy atom. The number of hydrogen-bond donors (Lipinski definition) is 1. The van der Waals surface area contributed by atoms with Crippen molar-refractivity contribution in [1.29, 1.82) is 0 Å². The maximum absolute atomic E-state index is 12.4. The Kier molecular flexibility index (Phi) is 6.83. The summed E-state index contributed by atoms with van der Waals surface area (Å²) < 4.78 is 6.14. The third-order valence-corrected chi connectivity index (χ3v) is 5.65. The number of ether oxygens (including phenoxy) is 1. The molecule has 2 aromatic carbocycles. The Balaban J connectivity index is 1.95. The number of aryl methyl sites for hydroxylation is 1. The molecule has 0 aromatic heterocycles. The molecule has 1 heterocycles. The summed E-state index contributed by atoms with van der Waals surface area (Å²) in [6, 6.07) is 12.8. The molecule has 1 aliphatic heterocycles. The highest BCUT2D eigenvalue weighted by Gasteiger charge is 2.54. The number of carbonyl (C=O) groups is 1. The van der Waals surface area contributed by atoms with Crippen LogP contribution in [-0.2, 0) is 21.0 Å². The zero-order valence-electron chi connectivity index (χ0n) is 16.3. The van der Waals surface area contributed by atoms with Crippen molar-refractivity contribution in [3.8, 4) is 0 Å². The number of oxime groups is 1. The summed E-state index contributed by atoms with van der Waals surface area (Å²) in [4.78, 5) is 17.9. The maximum atomic E-state index is 12.4. The number of hydrogen-bond acceptors (Lipinski definition) is 4. The van der Waals surface area contributed by atoms with Crippen LogP contribution < -0.4 is 0 Å². The van der Waals surface area contributed by atoms with E-state index in [9.17, 15) is 9.90 Å². The molecule has 154 valence electrons. The minimum absolute atomic E-state index is 0.148. The number of carboxylic acids is 1. The Hall–Kier alpha value is -2.08. The van der Waals surface area contributed by atoms with Gasteiger partial charge in [-0.15, -0.1) is 0 Å². The molecule has 7 heteroatoms. The number of halogens is 2. The molecule has 0 saturated heterocycles. The Bertz CT molecular complexity index is 914. The minimum Gasteiger partial charge on any atom is -0.478 e. The molecule has 5 nitrogen and oxygen atoms in total. The van der Waals surface area contributed by atoms with Crippen molar-refractivity contribution in [2.45, 2.75) is 51.4 Å². The molecule has 3 rings (SSSR count). The van der Waals surface area contributed by atoms with Crippen LogP contribution in [0.1, 0.15) is 49.0 Å². The molecule has 1 aliphatic rings. The lowest BCUT2D eigenvalue weighted by molar-refractivity contribution is -0.187. The molecule has 0 amide bonds. The predicted molar refractivity (Wildman–Crippen MR) is 114 cm³/mol. The van der Waals surface area contributed by atoms with Crippen LogP contribution in [0.4, 0.5) is 0 Å². The summed E-state index contributed by atoms with van der Waals surface area (Å²) in [7, 11) is 0. The average Bonchev–Trinajstić information content (AvgIpc) is 3.11. The number of aliphatic carboxylic acids is 1. The average molecular weight is 436 g/mol. The highest BCUT2D eigenvalue weighted by atomic mass is 35.5. The highest BCUT2D eigenvalue weighted by Crippen LogP contribution is 2.42. The van der Waals surface area contributed by atoms with Crippen molar-refractivity contribution in [2.75, 3.05) is 0 Å². The van der Waals surface area contributed by atoms with Crippen LogP contribution in [0.3, 0.4) is 0 Å². The Morgan fingerprint density at radius 2 is 1.97 bits per heavy atom. The van der Waals surface area contributed by atoms with Gasteiger partial charge in [-0.05, 0) is 36.6 Å². The summed E-state index contributed by atoms with van der Waals surface area (Å²) in [6.07, 6.45) is 0.740. The number of benzene rings is 2. The van der Waals surface area contributed by atoms with Gasteiger partial charge >= 0.3 is 5.97 Å². The molecule has 0 radical (unpaired) electrons. The molecule has 2 atom stereocenters. The van der Waals surface area contributed by atoms with E-state index in [4.69, 9.17) is 32.8 Å². The van der Waals surface area contributed by atoms with E-state index >= 15 is 0 Å². The molecule has 0 spiro atoms. The van der Waals surface area contributed by atoms with E-state index in [-0.39, 0.29) is 13.0 Å². The van der Waals surface area contributed by atoms with E-state index in [1.54, 1.807) is 18.2 Å². The lowest BCUT2D eigenvalue weighted by atomic mass is 9.85. The monoisotopic (exact) mass is 435 g/mol. The van der Waals surface area contributed by atoms with Crippen molar-refractivity contribution < 1.29 is 19.5 Å². The second-order valence-electron chi connectivity index (χ2n) is 7.22. The van der Waals surface area contributed by atoms with E-state index in [0.717, 1.165) is 17.5 Å². The lowest BCUT2D eigenvalue weighted by Gasteiger charge is -2.31. The van der Waals surface area contributed by atoms with Crippen LogP contribution >= 0.6 is 23.2 Å². The molecular weight excluding hydrogens is 413 g/mol. The zero-order valence-corrected chi connectivity index (χ0v) is 17.8. The first kappa shape index (κ1) is 21.6. The highest BCUT2D eigenvalue weighted by molar-refractivity contribution is 6.42. The molecule has 0 fully saturated rings. The molecule has 29 heavy (non-hydrogen) atoms. The molecule has 0 bridgehead atoms. The van der Waals surface area contributed by atoms with Gasteiger partial charge in [0.25, 0.3) is 5.60 Å². The fraction of sp³-hybridized carbons (Fsp3) is 0.364. The summed E-state index contributed by atoms with van der Waals surface area (Å²) >= 11 is 12.2. The first-order valence-corrected chi connectivity index (χ1v) is 10.2. The van der Waals surface area contributed by atoms with Gasteiger partial charge in [0, 0.05) is 6.42 Å². The van der Waals surface area contributed by atoms with Gasteiger partial charge in [-0.3, -0.25) is 0 Å². The zero-order chi connectivity index (χ0) is 21.0. The number of carboxylic acid groups (broad SMARTS) is 1. The van der Waals surface area contributed by atoms with Crippen molar-refractivity contribution in [3.05, 3.63) is 69.2 Å². The third-order valence-electron chi connectivity index (χ3n) is 4.91. The molecule has 0 aliphatic carbocycles. The normalized spacial score (nSPS) is 19.5. The van der Waals surface area contributed by atoms with E-state index in [0.29, 0.717) is 27.7 Å². The van der Waals surface area contributed by atoms with Crippen molar-refractivity contribution in [3.63, 3.8) is 0 Å². The molecule has 0 saturated carbocycles. The van der Waals surface area contributed by atoms with Crippen LogP contribution in [-0.4, -0.2) is 22.4 Å². The van der Waals surface area contributed by atoms with Gasteiger partial charge in [0.05, 0.1) is 22.4 Å². The molecule has 2 aromatic rings. The van der Waals surface area contributed by atoms with Crippen LogP contribution in [0, 0.1) is 6.92 Å². The predicted octanol–water partition coefficient (Wildman–Crippen LogP) is 5.96. The SMILES string of the molecule is CCCC1=NOC(C(=O)O)(C(OCc2ccc(C)cc2)c2ccc(Cl)c(Cl)c2)C1. The minimum atomic E-state index is -1.66. The van der Waals surface area contributed by atoms with Crippen LogP contribution in [0.15, 0.2) is 47.6 Å². The molecular formula is C22H23Cl2NO4. The van der Waals surface area contributed by atoms with Crippen LogP contribution in [0.2, 0.25) is 10.0 Å². The van der Waals surface area contributed by atoms with Gasteiger partial charge < -0.3 is 14.7 Å². The van der Waals surface area contributed by atoms with E-state index in [2.05, 4.69) is 5.16 Å². The van der Waals surface area contributed by atoms with E-state index in [1.165, 1.54) is 0 Å². The second-order valence-corrected chi connectivity index (χ2v) is 8.03. The standard InChI is InChI=1S/C22H23Cl2NO4/c1-3-4-17-12-22(21(26)27,29-25-17)20(16-9-10-18(23)19(24)11-16)28-13-15-7-5-14(2)6-8-15/h5-11,20H,3-4,12-13H2,1-2H3,(H,26,27). The summed E-state index contributed by atoms with van der Waals surface area (Å²) in [5.74, 6) is -1.13. The summed E-state index contributed by atoms with van der Waals surface area (Å²) in [5, 5.41) is 14.9. The quantitative estimate of drug-likeness (QED) is 0.555. The first-order chi connectivity index (χ1) is 13.9. The van der Waals surface area contributed by atoms with E-state index < -0.39 is 17.7 Å². The lowest BCUT2D eigenvalue weighted by Crippen LogP contribution is -2.46. The number of rotatable bonds is 8. The smallest absolute Gasteiger partial charge is 0.354 e. The van der Waals surface area contributed by atoms with Crippen LogP contribution in [0.5, 0.6) is 0 Å². The van der Waals surface area contributed by atoms with Gasteiger partial charge in [-0.1, -0.05) is 77.6 Å². The third kappa shape index (κ3) is 4.74. The van der Waals surface area contributed by atoms with Crippen molar-refractivity contribution >= 4 is 34.9 Å². The van der Waals surface area contributed by atoms with Crippen molar-refractivity contribution in [1.82, 2.24) is 0 Å². The van der Waals surface area contributed by atoms with Crippen molar-refractivity contribution in [2.24, 2.45) is 5.16 Å². The summed E-state index contributed by atoms with van der Waals surface area (Å²) in [6.45, 7) is 4.22. The summed E-state index contributed by atoms with van der Waals surface area (Å²) in [5.41, 5.74) is 1.68. The van der Waals surface area contributed by atoms with Gasteiger partial charge in [0.15, 0.2) is 0 Å². The molecule has 1 N–H and O–H groups in total. The molecule has 2 unspecified atom stereocenters. The largest absolute Gasteiger partial charge is 0.478 e. The topological polar surface area (TPSA) is 68.1 Å². The number of nitrogens with zero attached hydrogens (tertiary/aromatic N) is 1. The Morgan fingerprint density at radius 3 is 2.59 bits per heavy atom. The van der Waals surface area contributed by atoms with E-state index in [1.807, 2.05) is 38.1 Å². The fourth-order valence-corrected chi connectivity index (χ4v) is 3.65. The Labute approximate surface area is 180 Å². The second kappa shape index (κ2) is 9.16. The van der Waals surface area contributed by atoms with Gasteiger partial charge in [-0.25, -0.2) is 4.79 Å².